The van der Waals surface area contributed by atoms with Crippen molar-refractivity contribution in [2.75, 3.05) is 0 Å². The van der Waals surface area contributed by atoms with E-state index in [1.807, 2.05) is 19.1 Å². The van der Waals surface area contributed by atoms with Gasteiger partial charge in [0.05, 0.1) is 9.20 Å². The van der Waals surface area contributed by atoms with Gasteiger partial charge in [-0.05, 0) is 53.2 Å². The van der Waals surface area contributed by atoms with Crippen LogP contribution in [-0.4, -0.2) is 11.1 Å². The minimum atomic E-state index is -0.681. The zero-order valence-electron chi connectivity index (χ0n) is 10.6. The van der Waals surface area contributed by atoms with Crippen LogP contribution in [0.1, 0.15) is 29.7 Å². The van der Waals surface area contributed by atoms with Gasteiger partial charge in [0.15, 0.2) is 0 Å². The zero-order chi connectivity index (χ0) is 13.6. The van der Waals surface area contributed by atoms with E-state index in [-0.39, 0.29) is 11.8 Å². The maximum Gasteiger partial charge on any atom is 0.310 e. The second kappa shape index (κ2) is 4.60. The zero-order valence-corrected chi connectivity index (χ0v) is 13.0. The Bertz CT molecular complexity index is 587. The van der Waals surface area contributed by atoms with Gasteiger partial charge < -0.3 is 5.11 Å². The van der Waals surface area contributed by atoms with Crippen molar-refractivity contribution < 1.29 is 9.90 Å². The SMILES string of the molecule is C[C@]1(C(=O)O)Cc2sc(Br)cc2[C@H]1C1C=CC=CC1. The normalized spacial score (nSPS) is 32.5. The predicted molar refractivity (Wildman–Crippen MR) is 80.6 cm³/mol. The van der Waals surface area contributed by atoms with E-state index in [2.05, 4.69) is 34.1 Å². The van der Waals surface area contributed by atoms with Gasteiger partial charge in [0.1, 0.15) is 0 Å². The molecule has 0 aliphatic heterocycles. The van der Waals surface area contributed by atoms with Gasteiger partial charge in [0.2, 0.25) is 0 Å². The Balaban J connectivity index is 2.06. The van der Waals surface area contributed by atoms with Crippen LogP contribution in [0.4, 0.5) is 0 Å². The number of carbonyl (C=O) groups is 1. The van der Waals surface area contributed by atoms with Gasteiger partial charge in [-0.2, -0.15) is 0 Å². The third-order valence-corrected chi connectivity index (χ3v) is 5.95. The summed E-state index contributed by atoms with van der Waals surface area (Å²) in [5, 5.41) is 9.68. The highest BCUT2D eigenvalue weighted by Gasteiger charge is 2.51. The molecule has 100 valence electrons. The van der Waals surface area contributed by atoms with Crippen molar-refractivity contribution in [3.05, 3.63) is 44.6 Å². The fraction of sp³-hybridized carbons (Fsp3) is 0.400. The predicted octanol–water partition coefficient (Wildman–Crippen LogP) is 4.37. The van der Waals surface area contributed by atoms with Crippen LogP contribution in [0.3, 0.4) is 0 Å². The van der Waals surface area contributed by atoms with Crippen molar-refractivity contribution in [1.29, 1.82) is 0 Å². The molecule has 1 heterocycles. The maximum atomic E-state index is 11.8. The van der Waals surface area contributed by atoms with E-state index in [0.29, 0.717) is 6.42 Å². The number of hydrogen-bond acceptors (Lipinski definition) is 2. The molecule has 19 heavy (non-hydrogen) atoms. The van der Waals surface area contributed by atoms with E-state index in [1.165, 1.54) is 10.4 Å². The molecule has 0 aromatic carbocycles. The van der Waals surface area contributed by atoms with Crippen LogP contribution in [0.15, 0.2) is 34.2 Å². The highest BCUT2D eigenvalue weighted by atomic mass is 79.9. The number of fused-ring (bicyclic) bond motifs is 1. The van der Waals surface area contributed by atoms with Crippen LogP contribution in [0.2, 0.25) is 0 Å². The van der Waals surface area contributed by atoms with Crippen molar-refractivity contribution in [1.82, 2.24) is 0 Å². The number of halogens is 1. The van der Waals surface area contributed by atoms with E-state index in [9.17, 15) is 9.90 Å². The Labute approximate surface area is 125 Å². The van der Waals surface area contributed by atoms with Gasteiger partial charge in [0.25, 0.3) is 0 Å². The van der Waals surface area contributed by atoms with Crippen molar-refractivity contribution in [2.24, 2.45) is 11.3 Å². The van der Waals surface area contributed by atoms with Crippen molar-refractivity contribution in [2.45, 2.75) is 25.7 Å². The van der Waals surface area contributed by atoms with Gasteiger partial charge in [0, 0.05) is 10.8 Å². The van der Waals surface area contributed by atoms with Gasteiger partial charge in [-0.15, -0.1) is 11.3 Å². The minimum Gasteiger partial charge on any atom is -0.481 e. The lowest BCUT2D eigenvalue weighted by Gasteiger charge is -2.33. The fourth-order valence-corrected chi connectivity index (χ4v) is 5.29. The topological polar surface area (TPSA) is 37.3 Å². The quantitative estimate of drug-likeness (QED) is 0.869. The molecule has 1 unspecified atom stereocenters. The smallest absolute Gasteiger partial charge is 0.310 e. The van der Waals surface area contributed by atoms with Crippen LogP contribution in [-0.2, 0) is 11.2 Å². The van der Waals surface area contributed by atoms with Gasteiger partial charge in [-0.3, -0.25) is 4.79 Å². The molecule has 0 spiro atoms. The molecule has 1 aromatic heterocycles. The molecule has 0 saturated carbocycles. The number of carboxylic acid groups (broad SMARTS) is 1. The van der Waals surface area contributed by atoms with E-state index in [4.69, 9.17) is 0 Å². The van der Waals surface area contributed by atoms with E-state index in [0.717, 1.165) is 10.2 Å². The molecule has 1 aromatic rings. The molecule has 0 bridgehead atoms. The van der Waals surface area contributed by atoms with Crippen molar-refractivity contribution >= 4 is 33.2 Å². The summed E-state index contributed by atoms with van der Waals surface area (Å²) in [4.78, 5) is 13.0. The Morgan fingerprint density at radius 2 is 2.32 bits per heavy atom. The lowest BCUT2D eigenvalue weighted by molar-refractivity contribution is -0.149. The standard InChI is InChI=1S/C15H15BrO2S/c1-15(14(17)18)8-11-10(7-12(16)19-11)13(15)9-5-3-2-4-6-9/h2-5,7,9,13H,6,8H2,1H3,(H,17,18)/t9?,13-,15+/m1/s1. The molecular weight excluding hydrogens is 324 g/mol. The van der Waals surface area contributed by atoms with Gasteiger partial charge >= 0.3 is 5.97 Å². The fourth-order valence-electron chi connectivity index (χ4n) is 3.36. The summed E-state index contributed by atoms with van der Waals surface area (Å²) >= 11 is 5.20. The highest BCUT2D eigenvalue weighted by molar-refractivity contribution is 9.11. The summed E-state index contributed by atoms with van der Waals surface area (Å²) in [6, 6.07) is 2.12. The van der Waals surface area contributed by atoms with Gasteiger partial charge in [-0.25, -0.2) is 0 Å². The Hall–Kier alpha value is -0.870. The molecule has 4 heteroatoms. The second-order valence-electron chi connectivity index (χ2n) is 5.52. The molecule has 3 atom stereocenters. The molecule has 0 saturated heterocycles. The minimum absolute atomic E-state index is 0.0729. The van der Waals surface area contributed by atoms with Crippen LogP contribution in [0.5, 0.6) is 0 Å². The molecule has 3 rings (SSSR count). The first-order chi connectivity index (χ1) is 9.02. The van der Waals surface area contributed by atoms with E-state index < -0.39 is 11.4 Å². The lowest BCUT2D eigenvalue weighted by atomic mass is 9.69. The van der Waals surface area contributed by atoms with Crippen LogP contribution < -0.4 is 0 Å². The first-order valence-electron chi connectivity index (χ1n) is 6.37. The molecule has 0 fully saturated rings. The Morgan fingerprint density at radius 1 is 1.53 bits per heavy atom. The first kappa shape index (κ1) is 13.1. The number of aliphatic carboxylic acids is 1. The molecule has 2 aliphatic carbocycles. The largest absolute Gasteiger partial charge is 0.481 e. The second-order valence-corrected chi connectivity index (χ2v) is 8.03. The first-order valence-corrected chi connectivity index (χ1v) is 7.98. The Morgan fingerprint density at radius 3 is 2.95 bits per heavy atom. The van der Waals surface area contributed by atoms with Gasteiger partial charge in [-0.1, -0.05) is 24.3 Å². The monoisotopic (exact) mass is 338 g/mol. The molecule has 0 radical (unpaired) electrons. The Kier molecular flexibility index (Phi) is 3.18. The summed E-state index contributed by atoms with van der Waals surface area (Å²) in [7, 11) is 0. The third-order valence-electron chi connectivity index (χ3n) is 4.29. The molecule has 2 nitrogen and oxygen atoms in total. The number of carboxylic acids is 1. The number of allylic oxidation sites excluding steroid dienone is 4. The van der Waals surface area contributed by atoms with E-state index >= 15 is 0 Å². The molecular formula is C15H15BrO2S. The summed E-state index contributed by atoms with van der Waals surface area (Å²) in [5.74, 6) is -0.322. The summed E-state index contributed by atoms with van der Waals surface area (Å²) in [6.07, 6.45) is 9.94. The molecule has 2 aliphatic rings. The highest BCUT2D eigenvalue weighted by Crippen LogP contribution is 2.55. The molecule has 0 amide bonds. The van der Waals surface area contributed by atoms with Crippen LogP contribution in [0.25, 0.3) is 0 Å². The van der Waals surface area contributed by atoms with Crippen molar-refractivity contribution in [3.8, 4) is 0 Å². The van der Waals surface area contributed by atoms with Crippen molar-refractivity contribution in [3.63, 3.8) is 0 Å². The van der Waals surface area contributed by atoms with E-state index in [1.54, 1.807) is 11.3 Å². The molecule has 1 N–H and O–H groups in total. The third kappa shape index (κ3) is 2.01. The number of rotatable bonds is 2. The maximum absolute atomic E-state index is 11.8. The summed E-state index contributed by atoms with van der Waals surface area (Å²) in [5.41, 5.74) is 0.550. The summed E-state index contributed by atoms with van der Waals surface area (Å²) < 4.78 is 1.10. The average molecular weight is 339 g/mol. The van der Waals surface area contributed by atoms with Crippen LogP contribution in [0, 0.1) is 11.3 Å². The average Bonchev–Trinajstić information content (AvgIpc) is 2.83. The van der Waals surface area contributed by atoms with Crippen LogP contribution >= 0.6 is 27.3 Å². The lowest BCUT2D eigenvalue weighted by Crippen LogP contribution is -2.35. The summed E-state index contributed by atoms with van der Waals surface area (Å²) in [6.45, 7) is 1.90. The number of thiophene rings is 1. The number of hydrogen-bond donors (Lipinski definition) is 1.